The fourth-order valence-corrected chi connectivity index (χ4v) is 5.09. The molecule has 1 aliphatic heterocycles. The van der Waals surface area contributed by atoms with Crippen LogP contribution in [0.5, 0.6) is 0 Å². The first kappa shape index (κ1) is 23.3. The Bertz CT molecular complexity index is 1300. The maximum Gasteiger partial charge on any atom is 0.157 e. The Hall–Kier alpha value is -2.45. The highest BCUT2D eigenvalue weighted by molar-refractivity contribution is 6.36. The van der Waals surface area contributed by atoms with E-state index in [9.17, 15) is 4.39 Å². The first-order valence-corrected chi connectivity index (χ1v) is 12.1. The molecule has 1 aliphatic rings. The van der Waals surface area contributed by atoms with Crippen molar-refractivity contribution in [3.8, 4) is 11.1 Å². The largest absolute Gasteiger partial charge is 0.353 e. The minimum absolute atomic E-state index is 0.0422. The van der Waals surface area contributed by atoms with Crippen molar-refractivity contribution < 1.29 is 13.9 Å². The molecule has 0 amide bonds. The molecule has 4 heterocycles. The van der Waals surface area contributed by atoms with Gasteiger partial charge in [0.15, 0.2) is 6.29 Å². The van der Waals surface area contributed by atoms with Crippen LogP contribution in [0.2, 0.25) is 10.0 Å². The zero-order valence-electron chi connectivity index (χ0n) is 18.7. The van der Waals surface area contributed by atoms with Crippen LogP contribution in [0.25, 0.3) is 22.2 Å². The summed E-state index contributed by atoms with van der Waals surface area (Å²) >= 11 is 12.6. The van der Waals surface area contributed by atoms with E-state index in [0.29, 0.717) is 23.7 Å². The summed E-state index contributed by atoms with van der Waals surface area (Å²) in [4.78, 5) is 7.77. The van der Waals surface area contributed by atoms with Gasteiger partial charge in [-0.05, 0) is 48.6 Å². The molecule has 1 saturated heterocycles. The number of benzene rings is 1. The van der Waals surface area contributed by atoms with Gasteiger partial charge >= 0.3 is 0 Å². The van der Waals surface area contributed by atoms with Gasteiger partial charge in [0.25, 0.3) is 0 Å². The second kappa shape index (κ2) is 10.0. The van der Waals surface area contributed by atoms with Crippen LogP contribution < -0.4 is 0 Å². The van der Waals surface area contributed by atoms with Crippen molar-refractivity contribution in [2.45, 2.75) is 44.9 Å². The fraction of sp³-hybridized carbons (Fsp3) is 0.360. The van der Waals surface area contributed by atoms with E-state index in [1.54, 1.807) is 0 Å². The van der Waals surface area contributed by atoms with E-state index in [0.717, 1.165) is 53.6 Å². The Morgan fingerprint density at radius 2 is 2.15 bits per heavy atom. The lowest BCUT2D eigenvalue weighted by Crippen LogP contribution is -2.24. The maximum absolute atomic E-state index is 14.1. The number of pyridine rings is 1. The number of hydrogen-bond acceptors (Lipinski definition) is 4. The first-order chi connectivity index (χ1) is 16.5. The van der Waals surface area contributed by atoms with Crippen molar-refractivity contribution in [1.82, 2.24) is 19.7 Å². The third-order valence-electron chi connectivity index (χ3n) is 6.27. The summed E-state index contributed by atoms with van der Waals surface area (Å²) in [6.45, 7) is 3.90. The molecule has 178 valence electrons. The summed E-state index contributed by atoms with van der Waals surface area (Å²) in [6, 6.07) is 4.87. The number of H-pyrrole nitrogens is 1. The molecule has 34 heavy (non-hydrogen) atoms. The summed E-state index contributed by atoms with van der Waals surface area (Å²) in [7, 11) is 0. The molecule has 4 aromatic rings. The molecule has 0 spiro atoms. The Morgan fingerprint density at radius 3 is 2.97 bits per heavy atom. The minimum atomic E-state index is -0.488. The molecule has 9 heteroatoms. The topological polar surface area (TPSA) is 65.0 Å². The molecule has 0 saturated carbocycles. The number of nitrogens with zero attached hydrogens (tertiary/aromatic N) is 3. The zero-order chi connectivity index (χ0) is 23.7. The fourth-order valence-electron chi connectivity index (χ4n) is 4.39. The van der Waals surface area contributed by atoms with Gasteiger partial charge in [-0.3, -0.25) is 4.68 Å². The van der Waals surface area contributed by atoms with Gasteiger partial charge in [-0.15, -0.1) is 0 Å². The van der Waals surface area contributed by atoms with E-state index in [4.69, 9.17) is 32.7 Å². The van der Waals surface area contributed by atoms with Crippen molar-refractivity contribution in [1.29, 1.82) is 0 Å². The summed E-state index contributed by atoms with van der Waals surface area (Å²) in [5.74, 6) is -0.721. The Kier molecular flexibility index (Phi) is 6.88. The van der Waals surface area contributed by atoms with E-state index in [1.807, 2.05) is 36.4 Å². The second-order valence-electron chi connectivity index (χ2n) is 8.50. The van der Waals surface area contributed by atoms with Gasteiger partial charge in [0, 0.05) is 52.7 Å². The van der Waals surface area contributed by atoms with Gasteiger partial charge in [0.1, 0.15) is 11.5 Å². The number of rotatable bonds is 7. The maximum atomic E-state index is 14.1. The molecule has 1 N–H and O–H groups in total. The number of hydrogen-bond donors (Lipinski definition) is 1. The van der Waals surface area contributed by atoms with Crippen LogP contribution in [0.4, 0.5) is 4.39 Å². The number of fused-ring (bicyclic) bond motifs is 1. The van der Waals surface area contributed by atoms with Crippen LogP contribution in [0.15, 0.2) is 43.0 Å². The quantitative estimate of drug-likeness (QED) is 0.290. The lowest BCUT2D eigenvalue weighted by molar-refractivity contribution is -0.163. The normalized spacial score (nSPS) is 17.4. The Morgan fingerprint density at radius 1 is 1.26 bits per heavy atom. The van der Waals surface area contributed by atoms with E-state index in [1.165, 1.54) is 12.1 Å². The van der Waals surface area contributed by atoms with Crippen molar-refractivity contribution in [2.24, 2.45) is 0 Å². The lowest BCUT2D eigenvalue weighted by atomic mass is 9.92. The number of ether oxygens (including phenoxy) is 2. The van der Waals surface area contributed by atoms with Crippen molar-refractivity contribution >= 4 is 34.2 Å². The van der Waals surface area contributed by atoms with Gasteiger partial charge in [-0.1, -0.05) is 30.1 Å². The van der Waals surface area contributed by atoms with Crippen molar-refractivity contribution in [3.05, 3.63) is 70.0 Å². The highest BCUT2D eigenvalue weighted by Crippen LogP contribution is 2.39. The summed E-state index contributed by atoms with van der Waals surface area (Å²) in [5, 5.41) is 5.86. The molecule has 5 rings (SSSR count). The highest BCUT2D eigenvalue weighted by Gasteiger charge is 2.22. The molecule has 2 atom stereocenters. The predicted octanol–water partition coefficient (Wildman–Crippen LogP) is 6.57. The molecule has 0 aliphatic carbocycles. The molecule has 0 bridgehead atoms. The van der Waals surface area contributed by atoms with Crippen LogP contribution in [-0.4, -0.2) is 39.3 Å². The molecule has 2 unspecified atom stereocenters. The molecule has 3 aromatic heterocycles. The van der Waals surface area contributed by atoms with Crippen molar-refractivity contribution in [2.75, 3.05) is 13.2 Å². The average molecular weight is 503 g/mol. The third kappa shape index (κ3) is 4.70. The lowest BCUT2D eigenvalue weighted by Gasteiger charge is -2.22. The van der Waals surface area contributed by atoms with E-state index >= 15 is 0 Å². The molecule has 6 nitrogen and oxygen atoms in total. The average Bonchev–Trinajstić information content (AvgIpc) is 3.49. The smallest absolute Gasteiger partial charge is 0.157 e. The van der Waals surface area contributed by atoms with E-state index < -0.39 is 5.82 Å². The van der Waals surface area contributed by atoms with Crippen LogP contribution >= 0.6 is 23.2 Å². The zero-order valence-corrected chi connectivity index (χ0v) is 20.2. The molecular weight excluding hydrogens is 478 g/mol. The standard InChI is InChI=1S/C25H25Cl2FN4O2/c1-15(23-20(26)5-6-21(28)24(23)27)19-13-30-25-18(19)10-16(11-29-25)17-12-31-32(14-17)7-9-34-22-4-2-3-8-33-22/h5-6,10-15,22H,2-4,7-9H2,1H3,(H,29,30). The SMILES string of the molecule is CC(c1c(Cl)ccc(F)c1Cl)c1c[nH]c2ncc(-c3cnn(CCOC4CCCCO4)c3)cc12. The van der Waals surface area contributed by atoms with Crippen LogP contribution in [-0.2, 0) is 16.0 Å². The number of nitrogens with one attached hydrogen (secondary N) is 1. The van der Waals surface area contributed by atoms with E-state index in [-0.39, 0.29) is 17.2 Å². The predicted molar refractivity (Wildman–Crippen MR) is 131 cm³/mol. The number of halogens is 3. The molecule has 0 radical (unpaired) electrons. The highest BCUT2D eigenvalue weighted by atomic mass is 35.5. The van der Waals surface area contributed by atoms with Gasteiger partial charge in [-0.25, -0.2) is 9.37 Å². The first-order valence-electron chi connectivity index (χ1n) is 11.4. The van der Waals surface area contributed by atoms with Gasteiger partial charge in [0.05, 0.1) is 24.4 Å². The number of aromatic amines is 1. The Balaban J connectivity index is 1.36. The molecule has 1 fully saturated rings. The van der Waals surface area contributed by atoms with Crippen molar-refractivity contribution in [3.63, 3.8) is 0 Å². The minimum Gasteiger partial charge on any atom is -0.353 e. The van der Waals surface area contributed by atoms with Crippen LogP contribution in [0.1, 0.15) is 43.2 Å². The summed E-state index contributed by atoms with van der Waals surface area (Å²) < 4.78 is 27.4. The van der Waals surface area contributed by atoms with Crippen LogP contribution in [0, 0.1) is 5.82 Å². The third-order valence-corrected chi connectivity index (χ3v) is 6.98. The summed E-state index contributed by atoms with van der Waals surface area (Å²) in [5.41, 5.74) is 4.11. The van der Waals surface area contributed by atoms with Crippen LogP contribution in [0.3, 0.4) is 0 Å². The summed E-state index contributed by atoms with van der Waals surface area (Å²) in [6.07, 6.45) is 10.6. The molecule has 1 aromatic carbocycles. The van der Waals surface area contributed by atoms with E-state index in [2.05, 4.69) is 21.1 Å². The van der Waals surface area contributed by atoms with Gasteiger partial charge in [-0.2, -0.15) is 5.10 Å². The monoisotopic (exact) mass is 502 g/mol. The number of aromatic nitrogens is 4. The van der Waals surface area contributed by atoms with Gasteiger partial charge < -0.3 is 14.5 Å². The van der Waals surface area contributed by atoms with Gasteiger partial charge in [0.2, 0.25) is 0 Å². The Labute approximate surface area is 207 Å². The second-order valence-corrected chi connectivity index (χ2v) is 9.29. The molecular formula is C25H25Cl2FN4O2.